The van der Waals surface area contributed by atoms with E-state index in [0.717, 1.165) is 5.92 Å². The minimum Gasteiger partial charge on any atom is -0.382 e. The van der Waals surface area contributed by atoms with Gasteiger partial charge in [0.1, 0.15) is 0 Å². The lowest BCUT2D eigenvalue weighted by molar-refractivity contribution is 0.616. The largest absolute Gasteiger partial charge is 0.382 e. The average molecular weight is 301 g/mol. The fourth-order valence-corrected chi connectivity index (χ4v) is 2.39. The first-order valence-electron chi connectivity index (χ1n) is 5.31. The van der Waals surface area contributed by atoms with Gasteiger partial charge < -0.3 is 5.32 Å². The summed E-state index contributed by atoms with van der Waals surface area (Å²) in [6.07, 6.45) is 4.06. The van der Waals surface area contributed by atoms with Crippen molar-refractivity contribution in [2.75, 3.05) is 5.32 Å². The van der Waals surface area contributed by atoms with E-state index in [4.69, 9.17) is 0 Å². The second kappa shape index (κ2) is 4.51. The number of rotatable bonds is 4. The van der Waals surface area contributed by atoms with Gasteiger partial charge in [-0.05, 0) is 66.0 Å². The summed E-state index contributed by atoms with van der Waals surface area (Å²) in [5.74, 6) is 0.929. The lowest BCUT2D eigenvalue weighted by atomic mass is 10.1. The number of anilines is 1. The van der Waals surface area contributed by atoms with Crippen LogP contribution in [-0.4, -0.2) is 6.04 Å². The van der Waals surface area contributed by atoms with Gasteiger partial charge in [0.2, 0.25) is 0 Å². The molecule has 1 atom stereocenters. The molecule has 0 aromatic heterocycles. The summed E-state index contributed by atoms with van der Waals surface area (Å²) >= 11 is 2.36. The van der Waals surface area contributed by atoms with E-state index in [2.05, 4.69) is 59.1 Å². The molecule has 2 heteroatoms. The Morgan fingerprint density at radius 3 is 2.86 bits per heavy atom. The standard InChI is InChI=1S/C12H16IN/c1-2-12(9-6-7-9)14-11-5-3-4-10(13)8-11/h3-5,8-9,12,14H,2,6-7H2,1H3. The molecule has 0 radical (unpaired) electrons. The third-order valence-corrected chi connectivity index (χ3v) is 3.48. The van der Waals surface area contributed by atoms with Gasteiger partial charge in [0.05, 0.1) is 0 Å². The molecule has 1 aromatic rings. The van der Waals surface area contributed by atoms with Crippen LogP contribution in [0, 0.1) is 9.49 Å². The summed E-state index contributed by atoms with van der Waals surface area (Å²) in [5, 5.41) is 3.63. The van der Waals surface area contributed by atoms with Gasteiger partial charge in [0, 0.05) is 15.3 Å². The van der Waals surface area contributed by atoms with E-state index in [1.807, 2.05) is 0 Å². The second-order valence-electron chi connectivity index (χ2n) is 4.01. The van der Waals surface area contributed by atoms with E-state index in [9.17, 15) is 0 Å². The van der Waals surface area contributed by atoms with Crippen molar-refractivity contribution in [2.45, 2.75) is 32.2 Å². The molecule has 0 aliphatic heterocycles. The van der Waals surface area contributed by atoms with E-state index >= 15 is 0 Å². The van der Waals surface area contributed by atoms with E-state index < -0.39 is 0 Å². The predicted molar refractivity (Wildman–Crippen MR) is 69.6 cm³/mol. The molecular formula is C12H16IN. The van der Waals surface area contributed by atoms with Crippen LogP contribution in [-0.2, 0) is 0 Å². The normalized spacial score (nSPS) is 17.9. The fraction of sp³-hybridized carbons (Fsp3) is 0.500. The lowest BCUT2D eigenvalue weighted by Crippen LogP contribution is -2.20. The van der Waals surface area contributed by atoms with Gasteiger partial charge >= 0.3 is 0 Å². The van der Waals surface area contributed by atoms with E-state index in [1.54, 1.807) is 0 Å². The molecule has 1 aromatic carbocycles. The van der Waals surface area contributed by atoms with Crippen LogP contribution in [0.1, 0.15) is 26.2 Å². The number of benzene rings is 1. The molecule has 76 valence electrons. The molecule has 0 saturated heterocycles. The Morgan fingerprint density at radius 2 is 2.29 bits per heavy atom. The number of halogens is 1. The van der Waals surface area contributed by atoms with Crippen molar-refractivity contribution >= 4 is 28.3 Å². The number of hydrogen-bond donors (Lipinski definition) is 1. The topological polar surface area (TPSA) is 12.0 Å². The van der Waals surface area contributed by atoms with Crippen LogP contribution in [0.15, 0.2) is 24.3 Å². The quantitative estimate of drug-likeness (QED) is 0.832. The first-order chi connectivity index (χ1) is 6.79. The fourth-order valence-electron chi connectivity index (χ4n) is 1.84. The van der Waals surface area contributed by atoms with Crippen molar-refractivity contribution in [2.24, 2.45) is 5.92 Å². The summed E-state index contributed by atoms with van der Waals surface area (Å²) in [7, 11) is 0. The maximum Gasteiger partial charge on any atom is 0.0353 e. The second-order valence-corrected chi connectivity index (χ2v) is 5.25. The van der Waals surface area contributed by atoms with Crippen molar-refractivity contribution in [3.8, 4) is 0 Å². The molecule has 2 rings (SSSR count). The summed E-state index contributed by atoms with van der Waals surface area (Å²) in [6.45, 7) is 2.27. The van der Waals surface area contributed by atoms with Crippen molar-refractivity contribution < 1.29 is 0 Å². The minimum absolute atomic E-state index is 0.688. The maximum absolute atomic E-state index is 3.63. The van der Waals surface area contributed by atoms with Crippen molar-refractivity contribution in [3.05, 3.63) is 27.8 Å². The van der Waals surface area contributed by atoms with Crippen LogP contribution in [0.2, 0.25) is 0 Å². The van der Waals surface area contributed by atoms with E-state index in [1.165, 1.54) is 28.5 Å². The Hall–Kier alpha value is -0.250. The van der Waals surface area contributed by atoms with Gasteiger partial charge in [0.25, 0.3) is 0 Å². The van der Waals surface area contributed by atoms with Crippen molar-refractivity contribution in [1.29, 1.82) is 0 Å². The third-order valence-electron chi connectivity index (χ3n) is 2.81. The molecule has 1 saturated carbocycles. The van der Waals surface area contributed by atoms with E-state index in [-0.39, 0.29) is 0 Å². The summed E-state index contributed by atoms with van der Waals surface area (Å²) in [6, 6.07) is 9.31. The van der Waals surface area contributed by atoms with Crippen LogP contribution < -0.4 is 5.32 Å². The molecule has 0 spiro atoms. The summed E-state index contributed by atoms with van der Waals surface area (Å²) < 4.78 is 1.30. The van der Waals surface area contributed by atoms with Crippen molar-refractivity contribution in [1.82, 2.24) is 0 Å². The molecule has 1 fully saturated rings. The van der Waals surface area contributed by atoms with Gasteiger partial charge in [-0.2, -0.15) is 0 Å². The molecule has 0 amide bonds. The van der Waals surface area contributed by atoms with Gasteiger partial charge in [-0.15, -0.1) is 0 Å². The van der Waals surface area contributed by atoms with Crippen LogP contribution in [0.4, 0.5) is 5.69 Å². The van der Waals surface area contributed by atoms with Crippen LogP contribution in [0.5, 0.6) is 0 Å². The SMILES string of the molecule is CCC(Nc1cccc(I)c1)C1CC1. The molecule has 1 N–H and O–H groups in total. The summed E-state index contributed by atoms with van der Waals surface area (Å²) in [5.41, 5.74) is 1.27. The summed E-state index contributed by atoms with van der Waals surface area (Å²) in [4.78, 5) is 0. The third kappa shape index (κ3) is 2.62. The van der Waals surface area contributed by atoms with Crippen LogP contribution in [0.25, 0.3) is 0 Å². The highest BCUT2D eigenvalue weighted by atomic mass is 127. The van der Waals surface area contributed by atoms with Crippen LogP contribution >= 0.6 is 22.6 Å². The molecule has 1 aliphatic carbocycles. The molecule has 0 bridgehead atoms. The van der Waals surface area contributed by atoms with Gasteiger partial charge in [-0.3, -0.25) is 0 Å². The van der Waals surface area contributed by atoms with Gasteiger partial charge in [0.15, 0.2) is 0 Å². The highest BCUT2D eigenvalue weighted by Crippen LogP contribution is 2.35. The van der Waals surface area contributed by atoms with Gasteiger partial charge in [-0.25, -0.2) is 0 Å². The molecular weight excluding hydrogens is 285 g/mol. The zero-order valence-corrected chi connectivity index (χ0v) is 10.6. The monoisotopic (exact) mass is 301 g/mol. The van der Waals surface area contributed by atoms with Gasteiger partial charge in [-0.1, -0.05) is 13.0 Å². The predicted octanol–water partition coefficient (Wildman–Crippen LogP) is 3.89. The Morgan fingerprint density at radius 1 is 1.50 bits per heavy atom. The molecule has 14 heavy (non-hydrogen) atoms. The Balaban J connectivity index is 2.01. The zero-order valence-electron chi connectivity index (χ0n) is 8.46. The Labute approximate surface area is 99.4 Å². The lowest BCUT2D eigenvalue weighted by Gasteiger charge is -2.17. The molecule has 1 aliphatic rings. The highest BCUT2D eigenvalue weighted by Gasteiger charge is 2.29. The highest BCUT2D eigenvalue weighted by molar-refractivity contribution is 14.1. The number of hydrogen-bond acceptors (Lipinski definition) is 1. The maximum atomic E-state index is 3.63. The Kier molecular flexibility index (Phi) is 3.31. The van der Waals surface area contributed by atoms with Crippen LogP contribution in [0.3, 0.4) is 0 Å². The smallest absolute Gasteiger partial charge is 0.0353 e. The average Bonchev–Trinajstić information content (AvgIpc) is 2.97. The number of nitrogens with one attached hydrogen (secondary N) is 1. The molecule has 1 nitrogen and oxygen atoms in total. The molecule has 0 heterocycles. The Bertz CT molecular complexity index is 307. The first-order valence-corrected chi connectivity index (χ1v) is 6.39. The van der Waals surface area contributed by atoms with E-state index in [0.29, 0.717) is 6.04 Å². The first kappa shape index (κ1) is 10.3. The van der Waals surface area contributed by atoms with Crippen molar-refractivity contribution in [3.63, 3.8) is 0 Å². The molecule has 1 unspecified atom stereocenters. The minimum atomic E-state index is 0.688. The zero-order chi connectivity index (χ0) is 9.97.